The molecule has 0 atom stereocenters. The number of aromatic hydroxyl groups is 5. The van der Waals surface area contributed by atoms with Crippen LogP contribution in [0.25, 0.3) is 75.4 Å². The maximum atomic E-state index is 13.4. The van der Waals surface area contributed by atoms with Gasteiger partial charge >= 0.3 is 29.6 Å². The summed E-state index contributed by atoms with van der Waals surface area (Å²) in [5, 5.41) is 71.3. The van der Waals surface area contributed by atoms with Crippen LogP contribution >= 0.6 is 0 Å². The van der Waals surface area contributed by atoms with E-state index < -0.39 is 33.9 Å². The average Bonchev–Trinajstić information content (AvgIpc) is 2.82. The Kier molecular flexibility index (Phi) is 4.30. The van der Waals surface area contributed by atoms with Gasteiger partial charge in [-0.05, 0) is 59.3 Å². The van der Waals surface area contributed by atoms with Gasteiger partial charge in [-0.15, -0.1) is 0 Å². The van der Waals surface area contributed by atoms with Crippen LogP contribution in [0.2, 0.25) is 0 Å². The molecule has 0 radical (unpaired) electrons. The van der Waals surface area contributed by atoms with Crippen molar-refractivity contribution in [1.29, 1.82) is 0 Å². The first-order valence-electron chi connectivity index (χ1n) is 11.8. The Labute approximate surface area is 238 Å². The SMILES string of the molecule is Cc1cc(O)c2c(O)c3c(=O)cc([O-])c4c5c(=O)cc(O)c6c(O)c7c(O)cc(C)c8c1c2c(c34)c(c78)c65.[Na+]. The molecule has 0 saturated heterocycles. The summed E-state index contributed by atoms with van der Waals surface area (Å²) in [5.74, 6) is -2.79. The van der Waals surface area contributed by atoms with Gasteiger partial charge in [0.25, 0.3) is 0 Å². The van der Waals surface area contributed by atoms with E-state index in [2.05, 4.69) is 0 Å². The summed E-state index contributed by atoms with van der Waals surface area (Å²) in [6.45, 7) is 3.51. The molecule has 8 rings (SSSR count). The van der Waals surface area contributed by atoms with E-state index in [1.807, 2.05) is 0 Å². The quantitative estimate of drug-likeness (QED) is 0.113. The third kappa shape index (κ3) is 2.37. The van der Waals surface area contributed by atoms with Crippen LogP contribution in [-0.4, -0.2) is 25.5 Å². The largest absolute Gasteiger partial charge is 1.00 e. The number of hydrogen-bond acceptors (Lipinski definition) is 8. The van der Waals surface area contributed by atoms with Crippen LogP contribution < -0.4 is 45.5 Å². The molecule has 0 aliphatic rings. The van der Waals surface area contributed by atoms with Crippen molar-refractivity contribution >= 4 is 75.4 Å². The number of hydrogen-bond donors (Lipinski definition) is 5. The minimum atomic E-state index is -0.773. The Morgan fingerprint density at radius 1 is 0.462 bits per heavy atom. The monoisotopic (exact) mass is 526 g/mol. The maximum absolute atomic E-state index is 13.4. The molecule has 39 heavy (non-hydrogen) atoms. The van der Waals surface area contributed by atoms with Crippen molar-refractivity contribution in [3.05, 3.63) is 55.8 Å². The third-order valence-corrected chi connectivity index (χ3v) is 8.23. The summed E-state index contributed by atoms with van der Waals surface area (Å²) in [5.41, 5.74) is -0.255. The molecule has 184 valence electrons. The van der Waals surface area contributed by atoms with E-state index in [0.717, 1.165) is 12.1 Å². The van der Waals surface area contributed by atoms with Gasteiger partial charge in [-0.1, -0.05) is 5.75 Å². The Morgan fingerprint density at radius 3 is 1.33 bits per heavy atom. The van der Waals surface area contributed by atoms with Gasteiger partial charge in [-0.2, -0.15) is 0 Å². The van der Waals surface area contributed by atoms with Crippen molar-refractivity contribution in [2.45, 2.75) is 13.8 Å². The average molecular weight is 526 g/mol. The standard InChI is InChI=1S/C30H16O8.Na/c1-7-3-9(31)19-23-15(7)16-8(2)4-10(32)20-24(16)28-26-18(12(34)6-14(36)22(26)30(20)38)17-11(33)5-13(35)21(29(19)37)25(17)27(23)28;/h3-6,31-33,36-38H,1-2H3;/q;+1/p-1. The van der Waals surface area contributed by atoms with E-state index in [4.69, 9.17) is 0 Å². The molecule has 0 fully saturated rings. The molecule has 0 bridgehead atoms. The van der Waals surface area contributed by atoms with Crippen molar-refractivity contribution in [3.63, 3.8) is 0 Å². The van der Waals surface area contributed by atoms with Crippen molar-refractivity contribution < 1.29 is 60.2 Å². The number of aryl methyl sites for hydroxylation is 2. The summed E-state index contributed by atoms with van der Waals surface area (Å²) >= 11 is 0. The molecule has 8 aromatic carbocycles. The van der Waals surface area contributed by atoms with Gasteiger partial charge in [0.05, 0.1) is 21.5 Å². The molecule has 0 aliphatic carbocycles. The summed E-state index contributed by atoms with van der Waals surface area (Å²) in [4.78, 5) is 26.6. The van der Waals surface area contributed by atoms with Crippen molar-refractivity contribution in [3.8, 4) is 34.5 Å². The molecular weight excluding hydrogens is 511 g/mol. The van der Waals surface area contributed by atoms with Crippen LogP contribution in [0.3, 0.4) is 0 Å². The fraction of sp³-hybridized carbons (Fsp3) is 0.0667. The molecule has 0 heterocycles. The van der Waals surface area contributed by atoms with Crippen LogP contribution in [0, 0.1) is 13.8 Å². The zero-order chi connectivity index (χ0) is 26.7. The fourth-order valence-electron chi connectivity index (χ4n) is 6.97. The predicted octanol–water partition coefficient (Wildman–Crippen LogP) is 1.45. The topological polar surface area (TPSA) is 158 Å². The summed E-state index contributed by atoms with van der Waals surface area (Å²) in [6.07, 6.45) is 0. The first-order valence-corrected chi connectivity index (χ1v) is 11.8. The van der Waals surface area contributed by atoms with E-state index in [0.29, 0.717) is 43.4 Å². The fourth-order valence-corrected chi connectivity index (χ4v) is 6.97. The number of benzene rings is 8. The second-order valence-corrected chi connectivity index (χ2v) is 10.1. The first-order chi connectivity index (χ1) is 18.0. The second kappa shape index (κ2) is 7.04. The zero-order valence-corrected chi connectivity index (χ0v) is 22.8. The molecule has 5 N–H and O–H groups in total. The van der Waals surface area contributed by atoms with Gasteiger partial charge in [0, 0.05) is 43.8 Å². The third-order valence-electron chi connectivity index (χ3n) is 8.23. The van der Waals surface area contributed by atoms with Crippen LogP contribution in [-0.2, 0) is 0 Å². The zero-order valence-electron chi connectivity index (χ0n) is 20.8. The van der Waals surface area contributed by atoms with Crippen molar-refractivity contribution in [1.82, 2.24) is 0 Å². The van der Waals surface area contributed by atoms with E-state index >= 15 is 0 Å². The molecule has 8 nitrogen and oxygen atoms in total. The van der Waals surface area contributed by atoms with Gasteiger partial charge in [0.15, 0.2) is 10.9 Å². The first kappa shape index (κ1) is 23.8. The Hall–Kier alpha value is -4.24. The summed E-state index contributed by atoms with van der Waals surface area (Å²) in [7, 11) is 0. The Bertz CT molecular complexity index is 2490. The molecule has 8 aromatic rings. The minimum Gasteiger partial charge on any atom is -0.872 e. The molecule has 0 unspecified atom stereocenters. The van der Waals surface area contributed by atoms with Crippen LogP contribution in [0.15, 0.2) is 33.9 Å². The number of phenolic OH excluding ortho intramolecular Hbond substituents is 5. The second-order valence-electron chi connectivity index (χ2n) is 10.1. The van der Waals surface area contributed by atoms with E-state index in [1.165, 1.54) is 12.1 Å². The summed E-state index contributed by atoms with van der Waals surface area (Å²) < 4.78 is 0. The van der Waals surface area contributed by atoms with Crippen molar-refractivity contribution in [2.75, 3.05) is 0 Å². The van der Waals surface area contributed by atoms with Crippen LogP contribution in [0.4, 0.5) is 0 Å². The van der Waals surface area contributed by atoms with Crippen LogP contribution in [0.5, 0.6) is 34.5 Å². The van der Waals surface area contributed by atoms with E-state index in [1.54, 1.807) is 13.8 Å². The normalized spacial score (nSPS) is 12.5. The van der Waals surface area contributed by atoms with Gasteiger partial charge in [-0.25, -0.2) is 0 Å². The predicted molar refractivity (Wildman–Crippen MR) is 144 cm³/mol. The van der Waals surface area contributed by atoms with Gasteiger partial charge in [-0.3, -0.25) is 9.59 Å². The van der Waals surface area contributed by atoms with Gasteiger partial charge in [0.2, 0.25) is 0 Å². The number of phenols is 5. The van der Waals surface area contributed by atoms with E-state index in [9.17, 15) is 40.2 Å². The molecule has 0 amide bonds. The Balaban J connectivity index is 0.00000253. The van der Waals surface area contributed by atoms with Gasteiger partial charge in [0.1, 0.15) is 28.7 Å². The van der Waals surface area contributed by atoms with Crippen LogP contribution in [0.1, 0.15) is 11.1 Å². The maximum Gasteiger partial charge on any atom is 1.00 e. The van der Waals surface area contributed by atoms with E-state index in [-0.39, 0.29) is 84.1 Å². The molecular formula is C30H15NaO8. The molecule has 0 aliphatic heterocycles. The summed E-state index contributed by atoms with van der Waals surface area (Å²) in [6, 6.07) is 4.60. The minimum absolute atomic E-state index is 0. The smallest absolute Gasteiger partial charge is 0.872 e. The molecule has 0 aromatic heterocycles. The number of rotatable bonds is 0. The van der Waals surface area contributed by atoms with Crippen molar-refractivity contribution in [2.24, 2.45) is 0 Å². The Morgan fingerprint density at radius 2 is 0.821 bits per heavy atom. The molecule has 0 spiro atoms. The van der Waals surface area contributed by atoms with Gasteiger partial charge < -0.3 is 30.6 Å². The molecule has 9 heteroatoms. The molecule has 0 saturated carbocycles. The number of fused-ring (bicyclic) bond motifs is 2.